The quantitative estimate of drug-likeness (QED) is 0.755. The van der Waals surface area contributed by atoms with Gasteiger partial charge in [0.1, 0.15) is 0 Å². The zero-order valence-corrected chi connectivity index (χ0v) is 10.1. The van der Waals surface area contributed by atoms with Gasteiger partial charge in [0.2, 0.25) is 0 Å². The van der Waals surface area contributed by atoms with Crippen molar-refractivity contribution in [3.63, 3.8) is 0 Å². The molecule has 1 nitrogen and oxygen atoms in total. The third-order valence-corrected chi connectivity index (χ3v) is 2.52. The van der Waals surface area contributed by atoms with Crippen LogP contribution in [0.15, 0.2) is 12.1 Å². The van der Waals surface area contributed by atoms with E-state index >= 15 is 0 Å². The number of hydrogen-bond acceptors (Lipinski definition) is 1. The summed E-state index contributed by atoms with van der Waals surface area (Å²) in [6.07, 6.45) is -4.11. The number of nitrogens with zero attached hydrogens (tertiary/aromatic N) is 1. The van der Waals surface area contributed by atoms with Crippen LogP contribution in [-0.4, -0.2) is 25.5 Å². The van der Waals surface area contributed by atoms with E-state index in [0.29, 0.717) is 19.0 Å². The van der Waals surface area contributed by atoms with Crippen LogP contribution in [0.1, 0.15) is 17.5 Å². The molecule has 0 aromatic heterocycles. The highest BCUT2D eigenvalue weighted by Gasteiger charge is 2.35. The van der Waals surface area contributed by atoms with Gasteiger partial charge >= 0.3 is 6.18 Å². The average Bonchev–Trinajstić information content (AvgIpc) is 2.22. The molecule has 0 saturated carbocycles. The van der Waals surface area contributed by atoms with Crippen LogP contribution >= 0.6 is 0 Å². The number of aryl methyl sites for hydroxylation is 1. The van der Waals surface area contributed by atoms with Crippen molar-refractivity contribution in [2.75, 3.05) is 20.6 Å². The number of halogens is 5. The zero-order chi connectivity index (χ0) is 13.9. The molecule has 0 unspecified atom stereocenters. The fourth-order valence-corrected chi connectivity index (χ4v) is 1.59. The minimum Gasteiger partial charge on any atom is -0.309 e. The van der Waals surface area contributed by atoms with Gasteiger partial charge in [-0.05, 0) is 45.1 Å². The molecular weight excluding hydrogens is 253 g/mol. The van der Waals surface area contributed by atoms with Gasteiger partial charge in [0.05, 0.1) is 5.56 Å². The van der Waals surface area contributed by atoms with E-state index in [0.717, 1.165) is 6.07 Å². The summed E-state index contributed by atoms with van der Waals surface area (Å²) in [7, 11) is 3.65. The molecule has 0 amide bonds. The van der Waals surface area contributed by atoms with Gasteiger partial charge in [-0.25, -0.2) is 8.78 Å². The lowest BCUT2D eigenvalue weighted by atomic mass is 10.1. The van der Waals surface area contributed by atoms with Crippen LogP contribution in [-0.2, 0) is 12.6 Å². The van der Waals surface area contributed by atoms with Gasteiger partial charge in [0.15, 0.2) is 11.6 Å². The fourth-order valence-electron chi connectivity index (χ4n) is 1.59. The Kier molecular flexibility index (Phi) is 4.67. The second-order valence-corrected chi connectivity index (χ2v) is 4.30. The Morgan fingerprint density at radius 2 is 1.67 bits per heavy atom. The summed E-state index contributed by atoms with van der Waals surface area (Å²) < 4.78 is 63.6. The summed E-state index contributed by atoms with van der Waals surface area (Å²) >= 11 is 0. The Balaban J connectivity index is 2.88. The Morgan fingerprint density at radius 3 is 2.17 bits per heavy atom. The van der Waals surface area contributed by atoms with Crippen LogP contribution in [0, 0.1) is 11.6 Å². The van der Waals surface area contributed by atoms with E-state index in [1.54, 1.807) is 0 Å². The molecule has 1 aromatic rings. The summed E-state index contributed by atoms with van der Waals surface area (Å²) in [4.78, 5) is 1.86. The largest absolute Gasteiger partial charge is 0.419 e. The summed E-state index contributed by atoms with van der Waals surface area (Å²) in [6, 6.07) is 1.58. The summed E-state index contributed by atoms with van der Waals surface area (Å²) in [5.41, 5.74) is -1.58. The van der Waals surface area contributed by atoms with Gasteiger partial charge in [-0.3, -0.25) is 0 Å². The molecule has 6 heteroatoms. The van der Waals surface area contributed by atoms with Crippen molar-refractivity contribution >= 4 is 0 Å². The molecule has 1 aromatic carbocycles. The molecule has 0 heterocycles. The lowest BCUT2D eigenvalue weighted by Gasteiger charge is -2.12. The van der Waals surface area contributed by atoms with Crippen molar-refractivity contribution in [3.8, 4) is 0 Å². The first-order valence-electron chi connectivity index (χ1n) is 5.42. The maximum atomic E-state index is 13.4. The Labute approximate surface area is 102 Å². The third-order valence-electron chi connectivity index (χ3n) is 2.52. The first kappa shape index (κ1) is 14.9. The molecule has 18 heavy (non-hydrogen) atoms. The standard InChI is InChI=1S/C12H14F5N/c1-18(2)7-3-4-8-5-6-9(12(15,16)17)11(14)10(8)13/h5-6H,3-4,7H2,1-2H3. The number of hydrogen-bond donors (Lipinski definition) is 0. The van der Waals surface area contributed by atoms with Gasteiger partial charge in [-0.1, -0.05) is 6.07 Å². The van der Waals surface area contributed by atoms with E-state index in [2.05, 4.69) is 0 Å². The van der Waals surface area contributed by atoms with Crippen molar-refractivity contribution in [1.82, 2.24) is 4.90 Å². The molecule has 0 aliphatic carbocycles. The molecule has 0 saturated heterocycles. The van der Waals surface area contributed by atoms with E-state index in [4.69, 9.17) is 0 Å². The minimum absolute atomic E-state index is 0.0256. The van der Waals surface area contributed by atoms with Crippen LogP contribution in [0.25, 0.3) is 0 Å². The molecule has 0 N–H and O–H groups in total. The first-order valence-corrected chi connectivity index (χ1v) is 5.42. The monoisotopic (exact) mass is 267 g/mol. The van der Waals surface area contributed by atoms with Crippen molar-refractivity contribution in [3.05, 3.63) is 34.9 Å². The molecule has 0 aliphatic rings. The van der Waals surface area contributed by atoms with Gasteiger partial charge in [-0.2, -0.15) is 13.2 Å². The highest BCUT2D eigenvalue weighted by Crippen LogP contribution is 2.33. The average molecular weight is 267 g/mol. The highest BCUT2D eigenvalue weighted by atomic mass is 19.4. The molecule has 0 spiro atoms. The highest BCUT2D eigenvalue weighted by molar-refractivity contribution is 5.28. The molecule has 0 atom stereocenters. The molecule has 0 bridgehead atoms. The van der Waals surface area contributed by atoms with Gasteiger partial charge in [0, 0.05) is 0 Å². The summed E-state index contributed by atoms with van der Waals surface area (Å²) in [5.74, 6) is -3.21. The van der Waals surface area contributed by atoms with E-state index in [1.807, 2.05) is 19.0 Å². The minimum atomic E-state index is -4.87. The van der Waals surface area contributed by atoms with Crippen LogP contribution < -0.4 is 0 Å². The Hall–Kier alpha value is -1.17. The van der Waals surface area contributed by atoms with Crippen LogP contribution in [0.5, 0.6) is 0 Å². The van der Waals surface area contributed by atoms with Crippen molar-refractivity contribution in [1.29, 1.82) is 0 Å². The predicted octanol–water partition coefficient (Wildman–Crippen LogP) is 3.48. The molecule has 0 aliphatic heterocycles. The van der Waals surface area contributed by atoms with E-state index < -0.39 is 23.4 Å². The molecule has 102 valence electrons. The molecule has 0 radical (unpaired) electrons. The summed E-state index contributed by atoms with van der Waals surface area (Å²) in [6.45, 7) is 0.655. The number of rotatable bonds is 4. The second-order valence-electron chi connectivity index (χ2n) is 4.30. The summed E-state index contributed by atoms with van der Waals surface area (Å²) in [5, 5.41) is 0. The van der Waals surface area contributed by atoms with Gasteiger partial charge in [0.25, 0.3) is 0 Å². The fraction of sp³-hybridized carbons (Fsp3) is 0.500. The van der Waals surface area contributed by atoms with Gasteiger partial charge < -0.3 is 4.90 Å². The maximum absolute atomic E-state index is 13.4. The molecular formula is C12H14F5N. The number of alkyl halides is 3. The SMILES string of the molecule is CN(C)CCCc1ccc(C(F)(F)F)c(F)c1F. The topological polar surface area (TPSA) is 3.24 Å². The number of benzene rings is 1. The second kappa shape index (κ2) is 5.65. The van der Waals surface area contributed by atoms with Crippen LogP contribution in [0.2, 0.25) is 0 Å². The maximum Gasteiger partial charge on any atom is 0.419 e. The zero-order valence-electron chi connectivity index (χ0n) is 10.1. The smallest absolute Gasteiger partial charge is 0.309 e. The Morgan fingerprint density at radius 1 is 1.06 bits per heavy atom. The first-order chi connectivity index (χ1) is 8.23. The van der Waals surface area contributed by atoms with Crippen molar-refractivity contribution < 1.29 is 22.0 Å². The van der Waals surface area contributed by atoms with E-state index in [1.165, 1.54) is 0 Å². The third kappa shape index (κ3) is 3.66. The van der Waals surface area contributed by atoms with Crippen LogP contribution in [0.3, 0.4) is 0 Å². The van der Waals surface area contributed by atoms with Gasteiger partial charge in [-0.15, -0.1) is 0 Å². The Bertz CT molecular complexity index is 412. The van der Waals surface area contributed by atoms with Crippen molar-refractivity contribution in [2.24, 2.45) is 0 Å². The predicted molar refractivity (Wildman–Crippen MR) is 58.2 cm³/mol. The normalized spacial score (nSPS) is 12.2. The lowest BCUT2D eigenvalue weighted by Crippen LogP contribution is -2.14. The molecule has 0 fully saturated rings. The van der Waals surface area contributed by atoms with E-state index in [-0.39, 0.29) is 12.0 Å². The van der Waals surface area contributed by atoms with Crippen molar-refractivity contribution in [2.45, 2.75) is 19.0 Å². The lowest BCUT2D eigenvalue weighted by molar-refractivity contribution is -0.140. The molecule has 1 rings (SSSR count). The van der Waals surface area contributed by atoms with E-state index in [9.17, 15) is 22.0 Å². The van der Waals surface area contributed by atoms with Crippen LogP contribution in [0.4, 0.5) is 22.0 Å².